The standard InChI is InChI=1S/C25H21FN4O3S/c1-4-18-8-7-9-20(14-18)29(15-23(32)27-3)24(33)13-12-19-16-34-25(28-19)30(17(2)31)22-11-6-5-10-21(22)26/h1,5-14,16H,15H2,2-3H3,(H,27,32)/b13-12+. The van der Waals surface area contributed by atoms with Crippen molar-refractivity contribution in [3.05, 3.63) is 77.1 Å². The van der Waals surface area contributed by atoms with Gasteiger partial charge in [0, 0.05) is 36.7 Å². The Morgan fingerprint density at radius 3 is 2.65 bits per heavy atom. The number of aromatic nitrogens is 1. The van der Waals surface area contributed by atoms with Crippen molar-refractivity contribution in [3.8, 4) is 12.3 Å². The Hall–Kier alpha value is -4.29. The zero-order valence-electron chi connectivity index (χ0n) is 18.5. The summed E-state index contributed by atoms with van der Waals surface area (Å²) < 4.78 is 14.3. The second-order valence-corrected chi connectivity index (χ2v) is 7.82. The molecule has 3 amide bonds. The summed E-state index contributed by atoms with van der Waals surface area (Å²) >= 11 is 1.13. The number of terminal acetylenes is 1. The van der Waals surface area contributed by atoms with Crippen molar-refractivity contribution < 1.29 is 18.8 Å². The molecule has 7 nitrogen and oxygen atoms in total. The minimum absolute atomic E-state index is 0.0844. The monoisotopic (exact) mass is 476 g/mol. The minimum Gasteiger partial charge on any atom is -0.358 e. The number of amides is 3. The number of halogens is 1. The van der Waals surface area contributed by atoms with E-state index in [0.717, 1.165) is 11.3 Å². The van der Waals surface area contributed by atoms with Crippen LogP contribution in [-0.4, -0.2) is 36.3 Å². The van der Waals surface area contributed by atoms with E-state index in [-0.39, 0.29) is 23.3 Å². The molecule has 0 atom stereocenters. The van der Waals surface area contributed by atoms with Crippen molar-refractivity contribution in [1.82, 2.24) is 10.3 Å². The first-order chi connectivity index (χ1) is 16.3. The lowest BCUT2D eigenvalue weighted by Crippen LogP contribution is -2.39. The van der Waals surface area contributed by atoms with E-state index in [1.54, 1.807) is 35.7 Å². The van der Waals surface area contributed by atoms with Gasteiger partial charge in [-0.1, -0.05) is 24.1 Å². The van der Waals surface area contributed by atoms with E-state index in [2.05, 4.69) is 16.2 Å². The third-order valence-corrected chi connectivity index (χ3v) is 5.52. The SMILES string of the molecule is C#Cc1cccc(N(CC(=O)NC)C(=O)/C=C/c2csc(N(C(C)=O)c3ccccc3F)n2)c1. The maximum Gasteiger partial charge on any atom is 0.251 e. The minimum atomic E-state index is -0.556. The number of likely N-dealkylation sites (N-methyl/N-ethyl adjacent to an activating group) is 1. The molecule has 1 heterocycles. The van der Waals surface area contributed by atoms with Gasteiger partial charge in [-0.15, -0.1) is 17.8 Å². The second-order valence-electron chi connectivity index (χ2n) is 6.99. The number of rotatable bonds is 7. The smallest absolute Gasteiger partial charge is 0.251 e. The number of benzene rings is 2. The molecule has 0 aliphatic rings. The average Bonchev–Trinajstić information content (AvgIpc) is 3.30. The first kappa shape index (κ1) is 24.4. The Bertz CT molecular complexity index is 1300. The van der Waals surface area contributed by atoms with Gasteiger partial charge in [0.05, 0.1) is 11.4 Å². The summed E-state index contributed by atoms with van der Waals surface area (Å²) in [6, 6.07) is 12.6. The number of carbonyl (C=O) groups is 3. The molecule has 0 aliphatic carbocycles. The van der Waals surface area contributed by atoms with Crippen LogP contribution in [0.25, 0.3) is 6.08 Å². The Morgan fingerprint density at radius 1 is 1.21 bits per heavy atom. The van der Waals surface area contributed by atoms with Gasteiger partial charge in [-0.3, -0.25) is 24.2 Å². The Kier molecular flexibility index (Phi) is 7.90. The first-order valence-corrected chi connectivity index (χ1v) is 11.0. The van der Waals surface area contributed by atoms with E-state index in [0.29, 0.717) is 16.9 Å². The van der Waals surface area contributed by atoms with E-state index in [9.17, 15) is 18.8 Å². The number of nitrogens with one attached hydrogen (secondary N) is 1. The Morgan fingerprint density at radius 2 is 1.97 bits per heavy atom. The van der Waals surface area contributed by atoms with E-state index in [1.807, 2.05) is 0 Å². The topological polar surface area (TPSA) is 82.6 Å². The van der Waals surface area contributed by atoms with E-state index in [1.165, 1.54) is 54.1 Å². The van der Waals surface area contributed by atoms with Crippen molar-refractivity contribution in [2.45, 2.75) is 6.92 Å². The normalized spacial score (nSPS) is 10.5. The van der Waals surface area contributed by atoms with Gasteiger partial charge in [-0.25, -0.2) is 9.37 Å². The summed E-state index contributed by atoms with van der Waals surface area (Å²) in [4.78, 5) is 43.9. The molecule has 9 heteroatoms. The van der Waals surface area contributed by atoms with Crippen molar-refractivity contribution in [2.24, 2.45) is 0 Å². The highest BCUT2D eigenvalue weighted by atomic mass is 32.1. The summed E-state index contributed by atoms with van der Waals surface area (Å²) in [5.41, 5.74) is 1.52. The van der Waals surface area contributed by atoms with Crippen molar-refractivity contribution >= 4 is 51.6 Å². The van der Waals surface area contributed by atoms with Gasteiger partial charge >= 0.3 is 0 Å². The molecular formula is C25H21FN4O3S. The highest BCUT2D eigenvalue weighted by Gasteiger charge is 2.21. The highest BCUT2D eigenvalue weighted by molar-refractivity contribution is 7.14. The molecule has 1 aromatic heterocycles. The molecule has 0 unspecified atom stereocenters. The largest absolute Gasteiger partial charge is 0.358 e. The molecule has 0 spiro atoms. The maximum atomic E-state index is 14.3. The molecule has 0 saturated carbocycles. The zero-order chi connectivity index (χ0) is 24.7. The van der Waals surface area contributed by atoms with E-state index in [4.69, 9.17) is 6.42 Å². The van der Waals surface area contributed by atoms with Crippen LogP contribution in [0.5, 0.6) is 0 Å². The number of carbonyl (C=O) groups excluding carboxylic acids is 3. The van der Waals surface area contributed by atoms with Crippen LogP contribution in [0.1, 0.15) is 18.2 Å². The fourth-order valence-electron chi connectivity index (χ4n) is 3.03. The number of thiazole rings is 1. The van der Waals surface area contributed by atoms with Crippen LogP contribution in [-0.2, 0) is 14.4 Å². The van der Waals surface area contributed by atoms with Crippen molar-refractivity contribution in [1.29, 1.82) is 0 Å². The number of hydrogen-bond acceptors (Lipinski definition) is 5. The lowest BCUT2D eigenvalue weighted by atomic mass is 10.2. The quantitative estimate of drug-likeness (QED) is 0.416. The second kappa shape index (κ2) is 11.0. The van der Waals surface area contributed by atoms with Crippen LogP contribution in [0.2, 0.25) is 0 Å². The fourth-order valence-corrected chi connectivity index (χ4v) is 3.87. The van der Waals surface area contributed by atoms with Crippen molar-refractivity contribution in [3.63, 3.8) is 0 Å². The van der Waals surface area contributed by atoms with Gasteiger partial charge in [-0.05, 0) is 36.4 Å². The molecule has 0 radical (unpaired) electrons. The van der Waals surface area contributed by atoms with Crippen LogP contribution < -0.4 is 15.1 Å². The fraction of sp³-hybridized carbons (Fsp3) is 0.120. The average molecular weight is 477 g/mol. The van der Waals surface area contributed by atoms with Crippen molar-refractivity contribution in [2.75, 3.05) is 23.4 Å². The third-order valence-electron chi connectivity index (χ3n) is 4.68. The molecule has 34 heavy (non-hydrogen) atoms. The summed E-state index contributed by atoms with van der Waals surface area (Å²) in [5.74, 6) is 0.716. The van der Waals surface area contributed by atoms with Gasteiger partial charge in [0.25, 0.3) is 5.91 Å². The lowest BCUT2D eigenvalue weighted by Gasteiger charge is -2.20. The molecular weight excluding hydrogens is 455 g/mol. The van der Waals surface area contributed by atoms with Crippen LogP contribution in [0.3, 0.4) is 0 Å². The van der Waals surface area contributed by atoms with Gasteiger partial charge in [0.1, 0.15) is 12.4 Å². The van der Waals surface area contributed by atoms with Crippen LogP contribution in [0, 0.1) is 18.2 Å². The van der Waals surface area contributed by atoms with Crippen LogP contribution in [0.15, 0.2) is 60.0 Å². The number of hydrogen-bond donors (Lipinski definition) is 1. The number of nitrogens with zero attached hydrogens (tertiary/aromatic N) is 3. The summed E-state index contributed by atoms with van der Waals surface area (Å²) in [6.07, 6.45) is 8.18. The molecule has 3 rings (SSSR count). The highest BCUT2D eigenvalue weighted by Crippen LogP contribution is 2.31. The molecule has 0 fully saturated rings. The third kappa shape index (κ3) is 5.74. The molecule has 0 aliphatic heterocycles. The Balaban J connectivity index is 1.86. The van der Waals surface area contributed by atoms with Crippen LogP contribution >= 0.6 is 11.3 Å². The predicted molar refractivity (Wildman–Crippen MR) is 131 cm³/mol. The summed E-state index contributed by atoms with van der Waals surface area (Å²) in [7, 11) is 1.48. The van der Waals surface area contributed by atoms with E-state index >= 15 is 0 Å². The zero-order valence-corrected chi connectivity index (χ0v) is 19.3. The molecule has 172 valence electrons. The lowest BCUT2D eigenvalue weighted by molar-refractivity contribution is -0.121. The predicted octanol–water partition coefficient (Wildman–Crippen LogP) is 3.74. The van der Waals surface area contributed by atoms with Gasteiger partial charge in [-0.2, -0.15) is 0 Å². The van der Waals surface area contributed by atoms with Crippen LogP contribution in [0.4, 0.5) is 20.9 Å². The van der Waals surface area contributed by atoms with Gasteiger partial charge < -0.3 is 5.32 Å². The molecule has 0 bridgehead atoms. The first-order valence-electron chi connectivity index (χ1n) is 10.1. The number of para-hydroxylation sites is 1. The molecule has 1 N–H and O–H groups in total. The summed E-state index contributed by atoms with van der Waals surface area (Å²) in [6.45, 7) is 1.11. The van der Waals surface area contributed by atoms with Gasteiger partial charge in [0.15, 0.2) is 5.13 Å². The summed E-state index contributed by atoms with van der Waals surface area (Å²) in [5, 5.41) is 4.39. The molecule has 2 aromatic carbocycles. The maximum absolute atomic E-state index is 14.3. The van der Waals surface area contributed by atoms with Gasteiger partial charge in [0.2, 0.25) is 11.8 Å². The van der Waals surface area contributed by atoms with E-state index < -0.39 is 17.6 Å². The Labute approximate surface area is 200 Å². The molecule has 3 aromatic rings. The molecule has 0 saturated heterocycles. The number of anilines is 3.